The van der Waals surface area contributed by atoms with E-state index in [1.54, 1.807) is 29.2 Å². The zero-order valence-electron chi connectivity index (χ0n) is 17.5. The van der Waals surface area contributed by atoms with E-state index in [1.807, 2.05) is 0 Å². The van der Waals surface area contributed by atoms with Gasteiger partial charge in [-0.15, -0.1) is 0 Å². The average Bonchev–Trinajstić information content (AvgIpc) is 2.77. The number of hydrogen-bond acceptors (Lipinski definition) is 6. The number of aryl methyl sites for hydroxylation is 1. The predicted octanol–water partition coefficient (Wildman–Crippen LogP) is 3.12. The Balaban J connectivity index is 2.02. The molecule has 0 saturated carbocycles. The summed E-state index contributed by atoms with van der Waals surface area (Å²) < 4.78 is 33.1. The first kappa shape index (κ1) is 22.5. The van der Waals surface area contributed by atoms with Crippen molar-refractivity contribution >= 4 is 27.3 Å². The summed E-state index contributed by atoms with van der Waals surface area (Å²) in [5, 5.41) is 11.3. The van der Waals surface area contributed by atoms with Gasteiger partial charge in [0.2, 0.25) is 5.91 Å². The molecule has 1 aliphatic rings. The number of nitrogens with zero attached hydrogens (tertiary/aromatic N) is 3. The molecule has 0 N–H and O–H groups in total. The Hall–Kier alpha value is -3.14. The maximum absolute atomic E-state index is 13.5. The molecule has 2 aromatic carbocycles. The number of rotatable bonds is 7. The number of carbonyl (C=O) groups is 1. The number of ether oxygens (including phenoxy) is 1. The lowest BCUT2D eigenvalue weighted by atomic mass is 10.1. The first-order chi connectivity index (χ1) is 14.7. The van der Waals surface area contributed by atoms with Gasteiger partial charge < -0.3 is 9.64 Å². The Morgan fingerprint density at radius 2 is 1.77 bits per heavy atom. The van der Waals surface area contributed by atoms with E-state index in [0.717, 1.165) is 29.6 Å². The Morgan fingerprint density at radius 3 is 2.35 bits per heavy atom. The molecule has 1 fully saturated rings. The quantitative estimate of drug-likeness (QED) is 0.476. The van der Waals surface area contributed by atoms with Crippen LogP contribution in [-0.4, -0.2) is 50.9 Å². The monoisotopic (exact) mass is 447 g/mol. The Morgan fingerprint density at radius 1 is 1.13 bits per heavy atom. The molecule has 0 aromatic heterocycles. The number of anilines is 1. The van der Waals surface area contributed by atoms with Crippen LogP contribution >= 0.6 is 0 Å². The van der Waals surface area contributed by atoms with Crippen LogP contribution in [0.2, 0.25) is 0 Å². The number of nitro groups is 1. The molecule has 166 valence electrons. The summed E-state index contributed by atoms with van der Waals surface area (Å²) >= 11 is 0. The third kappa shape index (κ3) is 4.96. The highest BCUT2D eigenvalue weighted by atomic mass is 32.2. The van der Waals surface area contributed by atoms with Gasteiger partial charge in [-0.1, -0.05) is 6.07 Å². The molecular formula is C21H25N3O6S. The van der Waals surface area contributed by atoms with Crippen molar-refractivity contribution < 1.29 is 22.9 Å². The van der Waals surface area contributed by atoms with Crippen LogP contribution in [0.4, 0.5) is 11.4 Å². The Bertz CT molecular complexity index is 1060. The zero-order valence-corrected chi connectivity index (χ0v) is 18.3. The topological polar surface area (TPSA) is 110 Å². The van der Waals surface area contributed by atoms with Crippen LogP contribution in [0.5, 0.6) is 5.75 Å². The van der Waals surface area contributed by atoms with Gasteiger partial charge in [0.1, 0.15) is 12.3 Å². The predicted molar refractivity (Wildman–Crippen MR) is 116 cm³/mol. The second-order valence-electron chi connectivity index (χ2n) is 7.36. The van der Waals surface area contributed by atoms with Crippen molar-refractivity contribution in [1.82, 2.24) is 4.90 Å². The van der Waals surface area contributed by atoms with Gasteiger partial charge >= 0.3 is 0 Å². The van der Waals surface area contributed by atoms with E-state index in [9.17, 15) is 23.3 Å². The van der Waals surface area contributed by atoms with Crippen molar-refractivity contribution in [3.8, 4) is 5.75 Å². The molecule has 31 heavy (non-hydrogen) atoms. The molecule has 0 unspecified atom stereocenters. The summed E-state index contributed by atoms with van der Waals surface area (Å²) in [4.78, 5) is 25.0. The van der Waals surface area contributed by atoms with Crippen LogP contribution in [0.25, 0.3) is 0 Å². The summed E-state index contributed by atoms with van der Waals surface area (Å²) in [5.74, 6) is 0.232. The molecule has 10 heteroatoms. The van der Waals surface area contributed by atoms with Crippen molar-refractivity contribution in [2.45, 2.75) is 31.1 Å². The summed E-state index contributed by atoms with van der Waals surface area (Å²) in [6, 6.07) is 10.0. The lowest BCUT2D eigenvalue weighted by molar-refractivity contribution is -0.385. The van der Waals surface area contributed by atoms with Gasteiger partial charge in [-0.05, 0) is 56.5 Å². The number of methoxy groups -OCH3 is 1. The third-order valence-corrected chi connectivity index (χ3v) is 7.08. The molecule has 0 aliphatic carbocycles. The molecule has 1 heterocycles. The van der Waals surface area contributed by atoms with Crippen molar-refractivity contribution in [2.75, 3.05) is 31.0 Å². The third-order valence-electron chi connectivity index (χ3n) is 5.31. The number of piperidine rings is 1. The van der Waals surface area contributed by atoms with Gasteiger partial charge in [-0.2, -0.15) is 0 Å². The minimum absolute atomic E-state index is 0.243. The van der Waals surface area contributed by atoms with E-state index >= 15 is 0 Å². The van der Waals surface area contributed by atoms with E-state index in [2.05, 4.69) is 0 Å². The Labute approximate surface area is 181 Å². The van der Waals surface area contributed by atoms with Gasteiger partial charge in [0, 0.05) is 24.7 Å². The van der Waals surface area contributed by atoms with Gasteiger partial charge in [0.15, 0.2) is 0 Å². The molecular weight excluding hydrogens is 422 g/mol. The first-order valence-electron chi connectivity index (χ1n) is 9.93. The van der Waals surface area contributed by atoms with E-state index in [-0.39, 0.29) is 22.2 Å². The molecule has 9 nitrogen and oxygen atoms in total. The van der Waals surface area contributed by atoms with E-state index in [1.165, 1.54) is 26.2 Å². The molecule has 0 spiro atoms. The maximum Gasteiger partial charge on any atom is 0.273 e. The summed E-state index contributed by atoms with van der Waals surface area (Å²) in [7, 11) is -2.74. The molecule has 0 radical (unpaired) electrons. The number of hydrogen-bond donors (Lipinski definition) is 0. The smallest absolute Gasteiger partial charge is 0.273 e. The number of likely N-dealkylation sites (tertiary alicyclic amines) is 1. The van der Waals surface area contributed by atoms with Crippen molar-refractivity contribution in [2.24, 2.45) is 0 Å². The number of benzene rings is 2. The van der Waals surface area contributed by atoms with E-state index in [4.69, 9.17) is 4.74 Å². The standard InChI is InChI=1S/C21H25N3O6S/c1-16-6-11-19(14-20(16)24(26)27)31(28,29)23(17-7-9-18(30-2)10-8-17)15-21(25)22-12-4-3-5-13-22/h6-11,14H,3-5,12-13,15H2,1-2H3. The van der Waals surface area contributed by atoms with Crippen LogP contribution < -0.4 is 9.04 Å². The first-order valence-corrected chi connectivity index (χ1v) is 11.4. The fraction of sp³-hybridized carbons (Fsp3) is 0.381. The molecule has 2 aromatic rings. The summed E-state index contributed by atoms with van der Waals surface area (Å²) in [6.07, 6.45) is 2.80. The van der Waals surface area contributed by atoms with Gasteiger partial charge in [0.25, 0.3) is 15.7 Å². The lowest BCUT2D eigenvalue weighted by Gasteiger charge is -2.30. The maximum atomic E-state index is 13.5. The number of amides is 1. The second kappa shape index (κ2) is 9.34. The number of nitro benzene ring substituents is 1. The van der Waals surface area contributed by atoms with Gasteiger partial charge in [-0.25, -0.2) is 8.42 Å². The fourth-order valence-corrected chi connectivity index (χ4v) is 4.94. The van der Waals surface area contributed by atoms with E-state index in [0.29, 0.717) is 24.4 Å². The Kier molecular flexibility index (Phi) is 6.79. The number of sulfonamides is 1. The normalized spacial score (nSPS) is 14.2. The average molecular weight is 448 g/mol. The van der Waals surface area contributed by atoms with Crippen LogP contribution in [0, 0.1) is 17.0 Å². The highest BCUT2D eigenvalue weighted by Gasteiger charge is 2.31. The van der Waals surface area contributed by atoms with Crippen molar-refractivity contribution in [1.29, 1.82) is 0 Å². The zero-order chi connectivity index (χ0) is 22.6. The highest BCUT2D eigenvalue weighted by Crippen LogP contribution is 2.29. The molecule has 3 rings (SSSR count). The summed E-state index contributed by atoms with van der Waals surface area (Å²) in [6.45, 7) is 2.32. The molecule has 0 bridgehead atoms. The fourth-order valence-electron chi connectivity index (χ4n) is 3.50. The van der Waals surface area contributed by atoms with Crippen molar-refractivity contribution in [3.05, 3.63) is 58.1 Å². The summed E-state index contributed by atoms with van der Waals surface area (Å²) in [5.41, 5.74) is 0.330. The SMILES string of the molecule is COc1ccc(N(CC(=O)N2CCCCC2)S(=O)(=O)c2ccc(C)c([N+](=O)[O-])c2)cc1. The van der Waals surface area contributed by atoms with Crippen molar-refractivity contribution in [3.63, 3.8) is 0 Å². The second-order valence-corrected chi connectivity index (χ2v) is 9.22. The van der Waals surface area contributed by atoms with Crippen LogP contribution in [0.15, 0.2) is 47.4 Å². The minimum Gasteiger partial charge on any atom is -0.497 e. The van der Waals surface area contributed by atoms with Crippen LogP contribution in [0.1, 0.15) is 24.8 Å². The van der Waals surface area contributed by atoms with Gasteiger partial charge in [-0.3, -0.25) is 19.2 Å². The number of carbonyl (C=O) groups excluding carboxylic acids is 1. The molecule has 1 saturated heterocycles. The van der Waals surface area contributed by atoms with Crippen LogP contribution in [-0.2, 0) is 14.8 Å². The van der Waals surface area contributed by atoms with Crippen LogP contribution in [0.3, 0.4) is 0 Å². The molecule has 1 amide bonds. The van der Waals surface area contributed by atoms with Gasteiger partial charge in [0.05, 0.1) is 22.6 Å². The van der Waals surface area contributed by atoms with E-state index < -0.39 is 21.5 Å². The molecule has 0 atom stereocenters. The minimum atomic E-state index is -4.24. The lowest BCUT2D eigenvalue weighted by Crippen LogP contribution is -2.44. The highest BCUT2D eigenvalue weighted by molar-refractivity contribution is 7.92. The largest absolute Gasteiger partial charge is 0.497 e. The molecule has 1 aliphatic heterocycles.